The topological polar surface area (TPSA) is 106 Å². The second-order valence-electron chi connectivity index (χ2n) is 5.65. The Kier molecular flexibility index (Phi) is 3.94. The molecule has 0 bridgehead atoms. The largest absolute Gasteiger partial charge is 0.397 e. The summed E-state index contributed by atoms with van der Waals surface area (Å²) >= 11 is 0. The van der Waals surface area contributed by atoms with Gasteiger partial charge in [-0.2, -0.15) is 0 Å². The van der Waals surface area contributed by atoms with E-state index in [9.17, 15) is 4.79 Å². The van der Waals surface area contributed by atoms with Gasteiger partial charge in [0.1, 0.15) is 5.82 Å². The number of morpholine rings is 1. The molecule has 1 amide bonds. The molecule has 2 fully saturated rings. The number of fused-ring (bicyclic) bond motifs is 1. The van der Waals surface area contributed by atoms with Crippen molar-refractivity contribution in [3.8, 4) is 0 Å². The average Bonchev–Trinajstić information content (AvgIpc) is 2.93. The van der Waals surface area contributed by atoms with Crippen molar-refractivity contribution in [2.24, 2.45) is 5.73 Å². The number of aromatic nitrogens is 1. The van der Waals surface area contributed by atoms with Crippen LogP contribution in [0, 0.1) is 0 Å². The molecular formula is C14H21N5O2. The van der Waals surface area contributed by atoms with Crippen molar-refractivity contribution in [3.63, 3.8) is 0 Å². The number of nitrogens with one attached hydrogen (secondary N) is 1. The highest BCUT2D eigenvalue weighted by molar-refractivity contribution is 5.98. The summed E-state index contributed by atoms with van der Waals surface area (Å²) in [5.74, 6) is 0.0388. The Morgan fingerprint density at radius 3 is 3.24 bits per heavy atom. The number of anilines is 2. The molecule has 114 valence electrons. The van der Waals surface area contributed by atoms with E-state index in [4.69, 9.17) is 16.2 Å². The van der Waals surface area contributed by atoms with Gasteiger partial charge in [0.05, 0.1) is 30.2 Å². The highest BCUT2D eigenvalue weighted by Gasteiger charge is 2.31. The molecule has 0 radical (unpaired) electrons. The molecule has 5 N–H and O–H groups in total. The SMILES string of the molecule is NC(=O)c1cc(NCC2CN3CCCC3CO2)ncc1N. The van der Waals surface area contributed by atoms with Gasteiger partial charge in [-0.25, -0.2) is 4.98 Å². The molecule has 0 aliphatic carbocycles. The van der Waals surface area contributed by atoms with E-state index < -0.39 is 5.91 Å². The lowest BCUT2D eigenvalue weighted by molar-refractivity contribution is -0.0416. The number of rotatable bonds is 4. The molecular weight excluding hydrogens is 270 g/mol. The van der Waals surface area contributed by atoms with Gasteiger partial charge in [-0.05, 0) is 25.5 Å². The van der Waals surface area contributed by atoms with Crippen molar-refractivity contribution >= 4 is 17.4 Å². The highest BCUT2D eigenvalue weighted by atomic mass is 16.5. The molecule has 0 spiro atoms. The molecule has 2 aliphatic heterocycles. The van der Waals surface area contributed by atoms with Crippen LogP contribution in [0.4, 0.5) is 11.5 Å². The molecule has 1 aromatic rings. The summed E-state index contributed by atoms with van der Waals surface area (Å²) in [5.41, 5.74) is 11.5. The first-order valence-corrected chi connectivity index (χ1v) is 7.28. The minimum absolute atomic E-state index is 0.135. The van der Waals surface area contributed by atoms with Crippen LogP contribution < -0.4 is 16.8 Å². The van der Waals surface area contributed by atoms with Crippen LogP contribution in [0.2, 0.25) is 0 Å². The van der Waals surface area contributed by atoms with Gasteiger partial charge in [0.15, 0.2) is 0 Å². The second kappa shape index (κ2) is 5.87. The molecule has 3 heterocycles. The minimum Gasteiger partial charge on any atom is -0.397 e. The van der Waals surface area contributed by atoms with Crippen LogP contribution in [0.25, 0.3) is 0 Å². The van der Waals surface area contributed by atoms with Crippen LogP contribution in [0.3, 0.4) is 0 Å². The normalized spacial score (nSPS) is 25.5. The second-order valence-corrected chi connectivity index (χ2v) is 5.65. The van der Waals surface area contributed by atoms with E-state index in [1.54, 1.807) is 6.07 Å². The maximum absolute atomic E-state index is 11.3. The monoisotopic (exact) mass is 291 g/mol. The van der Waals surface area contributed by atoms with Gasteiger partial charge in [0.25, 0.3) is 5.91 Å². The van der Waals surface area contributed by atoms with E-state index in [1.165, 1.54) is 19.0 Å². The first-order chi connectivity index (χ1) is 10.1. The zero-order chi connectivity index (χ0) is 14.8. The van der Waals surface area contributed by atoms with Crippen molar-refractivity contribution in [1.82, 2.24) is 9.88 Å². The maximum atomic E-state index is 11.3. The fourth-order valence-electron chi connectivity index (χ4n) is 3.00. The highest BCUT2D eigenvalue weighted by Crippen LogP contribution is 2.23. The lowest BCUT2D eigenvalue weighted by Crippen LogP contribution is -2.48. The van der Waals surface area contributed by atoms with Crippen LogP contribution >= 0.6 is 0 Å². The summed E-state index contributed by atoms with van der Waals surface area (Å²) < 4.78 is 5.87. The van der Waals surface area contributed by atoms with Crippen LogP contribution in [0.15, 0.2) is 12.3 Å². The number of nitrogen functional groups attached to an aromatic ring is 1. The van der Waals surface area contributed by atoms with Crippen LogP contribution in [-0.2, 0) is 4.74 Å². The minimum atomic E-state index is -0.549. The maximum Gasteiger partial charge on any atom is 0.250 e. The molecule has 21 heavy (non-hydrogen) atoms. The summed E-state index contributed by atoms with van der Waals surface area (Å²) in [5, 5.41) is 3.19. The van der Waals surface area contributed by atoms with Gasteiger partial charge in [-0.3, -0.25) is 9.69 Å². The quantitative estimate of drug-likeness (QED) is 0.723. The summed E-state index contributed by atoms with van der Waals surface area (Å²) in [6.07, 6.45) is 4.08. The third-order valence-corrected chi connectivity index (χ3v) is 4.17. The molecule has 2 unspecified atom stereocenters. The predicted octanol–water partition coefficient (Wildman–Crippen LogP) is 0.0378. The number of amides is 1. The Labute approximate surface area is 123 Å². The van der Waals surface area contributed by atoms with E-state index in [1.807, 2.05) is 0 Å². The average molecular weight is 291 g/mol. The number of hydrogen-bond donors (Lipinski definition) is 3. The molecule has 7 heteroatoms. The van der Waals surface area contributed by atoms with Gasteiger partial charge < -0.3 is 21.5 Å². The first-order valence-electron chi connectivity index (χ1n) is 7.28. The van der Waals surface area contributed by atoms with Gasteiger partial charge >= 0.3 is 0 Å². The molecule has 7 nitrogen and oxygen atoms in total. The van der Waals surface area contributed by atoms with Crippen molar-refractivity contribution in [2.45, 2.75) is 25.0 Å². The van der Waals surface area contributed by atoms with E-state index in [-0.39, 0.29) is 11.7 Å². The fourth-order valence-corrected chi connectivity index (χ4v) is 3.00. The molecule has 2 atom stereocenters. The van der Waals surface area contributed by atoms with Gasteiger partial charge in [-0.1, -0.05) is 0 Å². The van der Waals surface area contributed by atoms with Crippen molar-refractivity contribution in [2.75, 3.05) is 37.3 Å². The number of pyridine rings is 1. The lowest BCUT2D eigenvalue weighted by atomic mass is 10.2. The van der Waals surface area contributed by atoms with Crippen LogP contribution in [0.1, 0.15) is 23.2 Å². The lowest BCUT2D eigenvalue weighted by Gasteiger charge is -2.35. The predicted molar refractivity (Wildman–Crippen MR) is 80.0 cm³/mol. The smallest absolute Gasteiger partial charge is 0.250 e. The number of primary amides is 1. The number of nitrogens with two attached hydrogens (primary N) is 2. The van der Waals surface area contributed by atoms with Gasteiger partial charge in [0.2, 0.25) is 0 Å². The number of carbonyl (C=O) groups excluding carboxylic acids is 1. The molecule has 2 saturated heterocycles. The summed E-state index contributed by atoms with van der Waals surface area (Å²) in [7, 11) is 0. The Bertz CT molecular complexity index is 536. The van der Waals surface area contributed by atoms with Gasteiger partial charge in [-0.15, -0.1) is 0 Å². The van der Waals surface area contributed by atoms with Crippen molar-refractivity contribution < 1.29 is 9.53 Å². The first kappa shape index (κ1) is 14.1. The Hall–Kier alpha value is -1.86. The van der Waals surface area contributed by atoms with Gasteiger partial charge in [0, 0.05) is 19.1 Å². The Morgan fingerprint density at radius 1 is 1.57 bits per heavy atom. The molecule has 0 saturated carbocycles. The van der Waals surface area contributed by atoms with E-state index >= 15 is 0 Å². The standard InChI is InChI=1S/C14H21N5O2/c15-12-6-18-13(4-11(12)14(16)20)17-5-10-7-19-3-1-2-9(19)8-21-10/h4,6,9-10H,1-3,5,7-8,15H2,(H2,16,20)(H,17,18). The Morgan fingerprint density at radius 2 is 2.43 bits per heavy atom. The van der Waals surface area contributed by atoms with E-state index in [0.717, 1.165) is 19.7 Å². The Balaban J connectivity index is 1.58. The summed E-state index contributed by atoms with van der Waals surface area (Å²) in [4.78, 5) is 17.9. The van der Waals surface area contributed by atoms with Crippen molar-refractivity contribution in [3.05, 3.63) is 17.8 Å². The third-order valence-electron chi connectivity index (χ3n) is 4.17. The third kappa shape index (κ3) is 3.08. The molecule has 2 aliphatic rings. The summed E-state index contributed by atoms with van der Waals surface area (Å²) in [6.45, 7) is 3.55. The van der Waals surface area contributed by atoms with E-state index in [2.05, 4.69) is 15.2 Å². The molecule has 1 aromatic heterocycles. The van der Waals surface area contributed by atoms with Crippen molar-refractivity contribution in [1.29, 1.82) is 0 Å². The zero-order valence-corrected chi connectivity index (χ0v) is 11.9. The van der Waals surface area contributed by atoms with E-state index in [0.29, 0.717) is 24.1 Å². The summed E-state index contributed by atoms with van der Waals surface area (Å²) in [6, 6.07) is 2.18. The number of ether oxygens (including phenoxy) is 1. The number of carbonyl (C=O) groups is 1. The molecule has 0 aromatic carbocycles. The van der Waals surface area contributed by atoms with Crippen LogP contribution in [-0.4, -0.2) is 54.2 Å². The molecule has 3 rings (SSSR count). The fraction of sp³-hybridized carbons (Fsp3) is 0.571. The number of hydrogen-bond acceptors (Lipinski definition) is 6. The van der Waals surface area contributed by atoms with Crippen LogP contribution in [0.5, 0.6) is 0 Å². The number of nitrogens with zero attached hydrogens (tertiary/aromatic N) is 2. The zero-order valence-electron chi connectivity index (χ0n) is 11.9.